The highest BCUT2D eigenvalue weighted by Gasteiger charge is 2.29. The van der Waals surface area contributed by atoms with Crippen LogP contribution in [0.15, 0.2) is 154 Å². The molecule has 6 heteroatoms. The normalized spacial score (nSPS) is 12.9. The Morgan fingerprint density at radius 2 is 1.22 bits per heavy atom. The van der Waals surface area contributed by atoms with Crippen LogP contribution >= 0.6 is 11.3 Å². The van der Waals surface area contributed by atoms with Gasteiger partial charge in [0, 0.05) is 87.1 Å². The number of anilines is 2. The van der Waals surface area contributed by atoms with Crippen molar-refractivity contribution in [2.24, 2.45) is 0 Å². The van der Waals surface area contributed by atoms with Crippen molar-refractivity contribution >= 4 is 127 Å². The SMILES string of the molecule is CC(C)(C)c1ccc(Nc2cc3oc4ccccc4c3cc2-c2ccc3c4cc5c(cc4n4c3c2Bc2cc3sc6ccccc6c3cc2-4)oc2ccccc25)cc1. The van der Waals surface area contributed by atoms with E-state index in [1.807, 2.05) is 23.5 Å². The third-order valence-corrected chi connectivity index (χ3v) is 13.7. The van der Waals surface area contributed by atoms with E-state index >= 15 is 0 Å². The smallest absolute Gasteiger partial charge is 0.198 e. The quantitative estimate of drug-likeness (QED) is 0.182. The maximum Gasteiger partial charge on any atom is 0.198 e. The fourth-order valence-electron chi connectivity index (χ4n) is 9.72. The van der Waals surface area contributed by atoms with Crippen molar-refractivity contribution in [3.8, 4) is 16.8 Å². The van der Waals surface area contributed by atoms with E-state index in [0.717, 1.165) is 73.6 Å². The molecule has 0 saturated carbocycles. The topological polar surface area (TPSA) is 43.2 Å². The Morgan fingerprint density at radius 1 is 0.534 bits per heavy atom. The summed E-state index contributed by atoms with van der Waals surface area (Å²) < 4.78 is 18.2. The Morgan fingerprint density at radius 3 is 1.98 bits per heavy atom. The van der Waals surface area contributed by atoms with Gasteiger partial charge in [0.25, 0.3) is 0 Å². The van der Waals surface area contributed by atoms with Crippen molar-refractivity contribution in [1.29, 1.82) is 0 Å². The van der Waals surface area contributed by atoms with Gasteiger partial charge in [0.15, 0.2) is 7.28 Å². The monoisotopic (exact) mass is 762 g/mol. The number of aromatic nitrogens is 1. The highest BCUT2D eigenvalue weighted by Crippen LogP contribution is 2.44. The maximum atomic E-state index is 6.54. The van der Waals surface area contributed by atoms with Gasteiger partial charge in [0.05, 0.1) is 11.2 Å². The average Bonchev–Trinajstić information content (AvgIpc) is 3.98. The van der Waals surface area contributed by atoms with Crippen LogP contribution in [0, 0.1) is 0 Å². The van der Waals surface area contributed by atoms with Gasteiger partial charge in [0.2, 0.25) is 0 Å². The Kier molecular flexibility index (Phi) is 6.37. The minimum Gasteiger partial charge on any atom is -0.456 e. The fraction of sp³-hybridized carbons (Fsp3) is 0.0769. The lowest BCUT2D eigenvalue weighted by Crippen LogP contribution is -2.37. The number of hydrogen-bond donors (Lipinski definition) is 1. The van der Waals surface area contributed by atoms with Crippen molar-refractivity contribution < 1.29 is 8.83 Å². The van der Waals surface area contributed by atoms with Crippen LogP contribution in [0.1, 0.15) is 26.3 Å². The second-order valence-corrected chi connectivity index (χ2v) is 18.1. The molecule has 1 aliphatic rings. The lowest BCUT2D eigenvalue weighted by molar-refractivity contribution is 0.590. The van der Waals surface area contributed by atoms with E-state index in [-0.39, 0.29) is 5.41 Å². The molecule has 4 nitrogen and oxygen atoms in total. The Hall–Kier alpha value is -6.76. The van der Waals surface area contributed by atoms with E-state index in [0.29, 0.717) is 0 Å². The van der Waals surface area contributed by atoms with E-state index in [9.17, 15) is 0 Å². The minimum atomic E-state index is 0.0702. The molecule has 5 heterocycles. The van der Waals surface area contributed by atoms with Crippen LogP contribution in [-0.4, -0.2) is 11.8 Å². The first-order valence-corrected chi connectivity index (χ1v) is 20.8. The zero-order valence-electron chi connectivity index (χ0n) is 32.2. The number of nitrogens with zero attached hydrogens (tertiary/aromatic N) is 1. The summed E-state index contributed by atoms with van der Waals surface area (Å²) in [6.07, 6.45) is 0. The minimum absolute atomic E-state index is 0.0702. The predicted molar refractivity (Wildman–Crippen MR) is 249 cm³/mol. The molecule has 8 aromatic carbocycles. The van der Waals surface area contributed by atoms with Crippen LogP contribution in [0.25, 0.3) is 103 Å². The van der Waals surface area contributed by atoms with Gasteiger partial charge >= 0.3 is 0 Å². The van der Waals surface area contributed by atoms with E-state index in [1.165, 1.54) is 64.2 Å². The first kappa shape index (κ1) is 32.3. The fourth-order valence-corrected chi connectivity index (χ4v) is 10.9. The molecule has 0 radical (unpaired) electrons. The lowest BCUT2D eigenvalue weighted by Gasteiger charge is -2.24. The van der Waals surface area contributed by atoms with Gasteiger partial charge in [0.1, 0.15) is 22.3 Å². The number of furan rings is 2. The van der Waals surface area contributed by atoms with Gasteiger partial charge in [-0.25, -0.2) is 0 Å². The molecule has 1 aliphatic heterocycles. The largest absolute Gasteiger partial charge is 0.456 e. The number of fused-ring (bicyclic) bond motifs is 14. The molecule has 0 bridgehead atoms. The van der Waals surface area contributed by atoms with Crippen LogP contribution in [-0.2, 0) is 5.41 Å². The third kappa shape index (κ3) is 4.52. The molecule has 1 N–H and O–H groups in total. The Balaban J connectivity index is 1.12. The molecule has 0 aliphatic carbocycles. The second kappa shape index (κ2) is 11.4. The molecule has 0 amide bonds. The van der Waals surface area contributed by atoms with Gasteiger partial charge in [-0.15, -0.1) is 11.3 Å². The van der Waals surface area contributed by atoms with E-state index in [4.69, 9.17) is 8.83 Å². The summed E-state index contributed by atoms with van der Waals surface area (Å²) in [5.74, 6) is 0. The summed E-state index contributed by atoms with van der Waals surface area (Å²) in [6.45, 7) is 6.77. The summed E-state index contributed by atoms with van der Waals surface area (Å²) in [5.41, 5.74) is 15.7. The van der Waals surface area contributed by atoms with Crippen molar-refractivity contribution in [2.75, 3.05) is 5.32 Å². The molecule has 12 aromatic rings. The van der Waals surface area contributed by atoms with Crippen molar-refractivity contribution in [1.82, 2.24) is 4.57 Å². The van der Waals surface area contributed by atoms with E-state index in [1.54, 1.807) is 0 Å². The highest BCUT2D eigenvalue weighted by molar-refractivity contribution is 7.26. The zero-order chi connectivity index (χ0) is 38.4. The molecule has 0 atom stereocenters. The Labute approximate surface area is 338 Å². The summed E-state index contributed by atoms with van der Waals surface area (Å²) in [4.78, 5) is 0. The number of nitrogens with one attached hydrogen (secondary N) is 1. The first-order valence-electron chi connectivity index (χ1n) is 20.0. The lowest BCUT2D eigenvalue weighted by atomic mass is 9.59. The van der Waals surface area contributed by atoms with Crippen LogP contribution in [0.2, 0.25) is 0 Å². The number of para-hydroxylation sites is 2. The van der Waals surface area contributed by atoms with Gasteiger partial charge in [-0.2, -0.15) is 0 Å². The Bertz CT molecular complexity index is 3720. The molecule has 4 aromatic heterocycles. The zero-order valence-corrected chi connectivity index (χ0v) is 33.1. The summed E-state index contributed by atoms with van der Waals surface area (Å²) >= 11 is 1.88. The van der Waals surface area contributed by atoms with Crippen LogP contribution < -0.4 is 16.2 Å². The maximum absolute atomic E-state index is 6.54. The molecule has 0 saturated heterocycles. The van der Waals surface area contributed by atoms with Crippen molar-refractivity contribution in [2.45, 2.75) is 26.2 Å². The summed E-state index contributed by atoms with van der Waals surface area (Å²) in [7, 11) is 0.811. The van der Waals surface area contributed by atoms with E-state index < -0.39 is 0 Å². The number of rotatable bonds is 3. The van der Waals surface area contributed by atoms with Crippen molar-refractivity contribution in [3.63, 3.8) is 0 Å². The summed E-state index contributed by atoms with van der Waals surface area (Å²) in [6, 6.07) is 53.2. The van der Waals surface area contributed by atoms with Crippen LogP contribution in [0.5, 0.6) is 0 Å². The molecular formula is C52H35BN2O2S. The first-order chi connectivity index (χ1) is 28.3. The molecule has 13 rings (SSSR count). The van der Waals surface area contributed by atoms with Gasteiger partial charge < -0.3 is 18.7 Å². The highest BCUT2D eigenvalue weighted by atomic mass is 32.1. The number of benzene rings is 8. The second-order valence-electron chi connectivity index (χ2n) is 17.0. The van der Waals surface area contributed by atoms with E-state index in [2.05, 4.69) is 164 Å². The molecule has 0 spiro atoms. The van der Waals surface area contributed by atoms with Crippen molar-refractivity contribution in [3.05, 3.63) is 151 Å². The van der Waals surface area contributed by atoms with Gasteiger partial charge in [-0.3, -0.25) is 0 Å². The molecular weight excluding hydrogens is 727 g/mol. The van der Waals surface area contributed by atoms with Crippen LogP contribution in [0.4, 0.5) is 11.4 Å². The third-order valence-electron chi connectivity index (χ3n) is 12.6. The molecule has 0 fully saturated rings. The van der Waals surface area contributed by atoms with Gasteiger partial charge in [-0.05, 0) is 76.6 Å². The number of thiophene rings is 1. The molecule has 0 unspecified atom stereocenters. The predicted octanol–water partition coefficient (Wildman–Crippen LogP) is 13.4. The average molecular weight is 763 g/mol. The molecule has 274 valence electrons. The van der Waals surface area contributed by atoms with Crippen LogP contribution in [0.3, 0.4) is 0 Å². The summed E-state index contributed by atoms with van der Waals surface area (Å²) in [5, 5.41) is 13.5. The number of hydrogen-bond acceptors (Lipinski definition) is 4. The molecule has 58 heavy (non-hydrogen) atoms. The van der Waals surface area contributed by atoms with Gasteiger partial charge in [-0.1, -0.05) is 105 Å². The standard InChI is InChI=1S/C52H35BN2O2S/c1-52(2,3)28-16-18-29(19-17-28)54-41-26-46-37(30-10-4-7-13-44(30)56-46)22-35(41)33-20-21-34-36-23-38-31-11-5-8-14-45(31)57-47(38)27-42(36)55-43-24-39-32-12-6-9-15-48(32)58-49(39)25-40(43)53-50(33)51(34)55/h4-27,53-54H,1-3H3.